The summed E-state index contributed by atoms with van der Waals surface area (Å²) >= 11 is 0. The van der Waals surface area contributed by atoms with Gasteiger partial charge in [-0.2, -0.15) is 0 Å². The largest absolute Gasteiger partial charge is 0.459 e. The van der Waals surface area contributed by atoms with Gasteiger partial charge in [-0.15, -0.1) is 0 Å². The lowest BCUT2D eigenvalue weighted by molar-refractivity contribution is -0.924. The van der Waals surface area contributed by atoms with E-state index in [0.29, 0.717) is 6.61 Å². The average Bonchev–Trinajstić information content (AvgIpc) is 3.04. The van der Waals surface area contributed by atoms with Crippen LogP contribution >= 0.6 is 0 Å². The number of likely N-dealkylation sites (N-methyl/N-ethyl adjacent to an activating group) is 1. The van der Waals surface area contributed by atoms with Gasteiger partial charge in [0, 0.05) is 47.0 Å². The fourth-order valence-corrected chi connectivity index (χ4v) is 4.80. The summed E-state index contributed by atoms with van der Waals surface area (Å²) in [6, 6.07) is 11.1. The molecule has 5 heteroatoms. The molecule has 0 fully saturated rings. The number of aryl methyl sites for hydroxylation is 4. The Labute approximate surface area is 198 Å². The minimum Gasteiger partial charge on any atom is -0.459 e. The first-order valence-corrected chi connectivity index (χ1v) is 12.1. The van der Waals surface area contributed by atoms with Crippen molar-refractivity contribution in [2.24, 2.45) is 5.41 Å². The summed E-state index contributed by atoms with van der Waals surface area (Å²) in [7, 11) is 2.30. The van der Waals surface area contributed by atoms with Crippen LogP contribution in [0.4, 0.5) is 0 Å². The van der Waals surface area contributed by atoms with Crippen LogP contribution in [0.2, 0.25) is 0 Å². The van der Waals surface area contributed by atoms with E-state index in [1.807, 2.05) is 33.9 Å². The number of esters is 1. The summed E-state index contributed by atoms with van der Waals surface area (Å²) in [6.07, 6.45) is 4.02. The van der Waals surface area contributed by atoms with Crippen LogP contribution in [-0.2, 0) is 35.5 Å². The first-order valence-electron chi connectivity index (χ1n) is 12.1. The van der Waals surface area contributed by atoms with Gasteiger partial charge in [0.2, 0.25) is 0 Å². The Bertz CT molecular complexity index is 1150. The minimum absolute atomic E-state index is 0.121. The first-order chi connectivity index (χ1) is 15.6. The number of hydrogen-bond donors (Lipinski definition) is 0. The number of hydrogen-bond acceptors (Lipinski definition) is 3. The molecule has 1 aliphatic heterocycles. The van der Waals surface area contributed by atoms with Crippen molar-refractivity contribution in [3.05, 3.63) is 64.6 Å². The van der Waals surface area contributed by atoms with Crippen molar-refractivity contribution in [3.8, 4) is 0 Å². The Hall–Kier alpha value is -2.66. The van der Waals surface area contributed by atoms with Crippen molar-refractivity contribution in [1.29, 1.82) is 0 Å². The fourth-order valence-electron chi connectivity index (χ4n) is 4.80. The molecule has 0 amide bonds. The number of fused-ring (bicyclic) bond motifs is 3. The normalized spacial score (nSPS) is 18.4. The third-order valence-electron chi connectivity index (χ3n) is 6.94. The minimum atomic E-state index is -0.453. The molecule has 33 heavy (non-hydrogen) atoms. The van der Waals surface area contributed by atoms with Crippen molar-refractivity contribution < 1.29 is 14.0 Å². The zero-order valence-electron chi connectivity index (χ0n) is 21.1. The second kappa shape index (κ2) is 8.94. The molecule has 0 bridgehead atoms. The number of benzene rings is 1. The molecule has 3 heterocycles. The van der Waals surface area contributed by atoms with Crippen molar-refractivity contribution in [1.82, 2.24) is 9.55 Å². The van der Waals surface area contributed by atoms with Gasteiger partial charge >= 0.3 is 5.97 Å². The van der Waals surface area contributed by atoms with Crippen LogP contribution in [0.3, 0.4) is 0 Å². The highest BCUT2D eigenvalue weighted by atomic mass is 16.5. The third-order valence-corrected chi connectivity index (χ3v) is 6.94. The number of nitrogens with zero attached hydrogens (tertiary/aromatic N) is 3. The Morgan fingerprint density at radius 1 is 1.18 bits per heavy atom. The molecule has 3 aromatic rings. The molecule has 2 aromatic heterocycles. The molecule has 1 aromatic carbocycles. The fraction of sp³-hybridized carbons (Fsp3) is 0.500. The smallest absolute Gasteiger partial charge is 0.311 e. The van der Waals surface area contributed by atoms with Crippen LogP contribution in [0.1, 0.15) is 48.8 Å². The maximum absolute atomic E-state index is 12.2. The van der Waals surface area contributed by atoms with Gasteiger partial charge in [0.15, 0.2) is 0 Å². The van der Waals surface area contributed by atoms with Gasteiger partial charge in [0.1, 0.15) is 19.7 Å². The number of aromatic nitrogens is 2. The van der Waals surface area contributed by atoms with E-state index in [9.17, 15) is 4.79 Å². The molecule has 0 spiro atoms. The Morgan fingerprint density at radius 2 is 1.97 bits per heavy atom. The van der Waals surface area contributed by atoms with Gasteiger partial charge < -0.3 is 13.8 Å². The lowest BCUT2D eigenvalue weighted by Gasteiger charge is -2.38. The number of carbonyl (C=O) groups excluding carboxylic acids is 1. The highest BCUT2D eigenvalue weighted by molar-refractivity contribution is 5.86. The molecule has 0 saturated carbocycles. The van der Waals surface area contributed by atoms with Crippen molar-refractivity contribution in [2.75, 3.05) is 26.7 Å². The Morgan fingerprint density at radius 3 is 2.67 bits per heavy atom. The molecule has 176 valence electrons. The molecule has 0 saturated heterocycles. The number of rotatable bonds is 6. The van der Waals surface area contributed by atoms with Crippen LogP contribution in [0.25, 0.3) is 10.9 Å². The van der Waals surface area contributed by atoms with Crippen molar-refractivity contribution >= 4 is 16.9 Å². The predicted molar refractivity (Wildman–Crippen MR) is 133 cm³/mol. The molecule has 0 radical (unpaired) electrons. The van der Waals surface area contributed by atoms with E-state index in [-0.39, 0.29) is 5.97 Å². The van der Waals surface area contributed by atoms with E-state index >= 15 is 0 Å². The van der Waals surface area contributed by atoms with Crippen LogP contribution in [0, 0.1) is 19.3 Å². The lowest BCUT2D eigenvalue weighted by Crippen LogP contribution is -2.50. The topological polar surface area (TPSA) is 44.1 Å². The van der Waals surface area contributed by atoms with Gasteiger partial charge in [-0.05, 0) is 64.8 Å². The molecule has 1 atom stereocenters. The van der Waals surface area contributed by atoms with Gasteiger partial charge in [-0.3, -0.25) is 9.78 Å². The van der Waals surface area contributed by atoms with Crippen molar-refractivity contribution in [2.45, 2.75) is 60.5 Å². The second-order valence-corrected chi connectivity index (χ2v) is 11.0. The van der Waals surface area contributed by atoms with E-state index < -0.39 is 5.41 Å². The zero-order valence-corrected chi connectivity index (χ0v) is 21.1. The molecular weight excluding hydrogens is 410 g/mol. The quantitative estimate of drug-likeness (QED) is 0.394. The average molecular weight is 449 g/mol. The third kappa shape index (κ3) is 5.14. The standard InChI is InChI=1S/C28H38N3O2/c1-20-7-10-25-23(17-20)24-19-31(6,15-16-33-27(32)28(3,4)5)14-12-26(24)30(25)13-11-22-9-8-21(2)29-18-22/h7-10,17-18H,11-16,19H2,1-6H3/q+1. The van der Waals surface area contributed by atoms with Crippen LogP contribution in [0.5, 0.6) is 0 Å². The van der Waals surface area contributed by atoms with Gasteiger partial charge in [-0.1, -0.05) is 17.7 Å². The highest BCUT2D eigenvalue weighted by Gasteiger charge is 2.33. The summed E-state index contributed by atoms with van der Waals surface area (Å²) in [5.41, 5.74) is 7.45. The maximum Gasteiger partial charge on any atom is 0.311 e. The van der Waals surface area contributed by atoms with Crippen molar-refractivity contribution in [3.63, 3.8) is 0 Å². The second-order valence-electron chi connectivity index (χ2n) is 11.0. The number of ether oxygens (including phenoxy) is 1. The molecule has 0 N–H and O–H groups in total. The summed E-state index contributed by atoms with van der Waals surface area (Å²) in [5.74, 6) is -0.121. The summed E-state index contributed by atoms with van der Waals surface area (Å²) < 4.78 is 9.04. The molecule has 1 unspecified atom stereocenters. The molecule has 0 aliphatic carbocycles. The van der Waals surface area contributed by atoms with Crippen LogP contribution in [0.15, 0.2) is 36.5 Å². The molecule has 5 nitrogen and oxygen atoms in total. The lowest BCUT2D eigenvalue weighted by atomic mass is 9.97. The predicted octanol–water partition coefficient (Wildman–Crippen LogP) is 4.99. The summed E-state index contributed by atoms with van der Waals surface area (Å²) in [4.78, 5) is 16.7. The van der Waals surface area contributed by atoms with E-state index in [2.05, 4.69) is 53.9 Å². The van der Waals surface area contributed by atoms with Gasteiger partial charge in [0.05, 0.1) is 19.0 Å². The van der Waals surface area contributed by atoms with E-state index in [1.165, 1.54) is 33.3 Å². The van der Waals surface area contributed by atoms with Gasteiger partial charge in [0.25, 0.3) is 0 Å². The first kappa shape index (κ1) is 23.5. The summed E-state index contributed by atoms with van der Waals surface area (Å²) in [5, 5.41) is 1.38. The zero-order chi connectivity index (χ0) is 23.8. The maximum atomic E-state index is 12.2. The molecule has 4 rings (SSSR count). The van der Waals surface area contributed by atoms with E-state index in [1.54, 1.807) is 0 Å². The number of quaternary nitrogens is 1. The van der Waals surface area contributed by atoms with E-state index in [0.717, 1.165) is 49.2 Å². The monoisotopic (exact) mass is 448 g/mol. The molecule has 1 aliphatic rings. The van der Waals surface area contributed by atoms with E-state index in [4.69, 9.17) is 4.74 Å². The Balaban J connectivity index is 1.56. The Kier molecular flexibility index (Phi) is 6.37. The molecular formula is C28H38N3O2+. The number of carbonyl (C=O) groups is 1. The van der Waals surface area contributed by atoms with Crippen LogP contribution in [-0.4, -0.2) is 46.7 Å². The SMILES string of the molecule is Cc1ccc2c(c1)c1c(n2CCc2ccc(C)nc2)CC[N+](C)(CCOC(=O)C(C)(C)C)C1. The number of pyridine rings is 1. The highest BCUT2D eigenvalue weighted by Crippen LogP contribution is 2.34. The van der Waals surface area contributed by atoms with Crippen LogP contribution < -0.4 is 0 Å². The summed E-state index contributed by atoms with van der Waals surface area (Å²) in [6.45, 7) is 14.2. The van der Waals surface area contributed by atoms with Gasteiger partial charge in [-0.25, -0.2) is 0 Å².